The highest BCUT2D eigenvalue weighted by Gasteiger charge is 2.22. The van der Waals surface area contributed by atoms with Crippen LogP contribution in [0.5, 0.6) is 0 Å². The Hall–Kier alpha value is -2.65. The molecule has 0 N–H and O–H groups in total. The summed E-state index contributed by atoms with van der Waals surface area (Å²) >= 11 is 0. The van der Waals surface area contributed by atoms with Crippen molar-refractivity contribution in [2.75, 3.05) is 13.1 Å². The molecule has 0 aliphatic rings. The molecule has 0 fully saturated rings. The van der Waals surface area contributed by atoms with Crippen molar-refractivity contribution in [1.29, 1.82) is 0 Å². The Morgan fingerprint density at radius 3 is 2.31 bits per heavy atom. The maximum Gasteiger partial charge on any atom is 0.244 e. The van der Waals surface area contributed by atoms with Gasteiger partial charge in [0.15, 0.2) is 5.82 Å². The Morgan fingerprint density at radius 1 is 1.04 bits per heavy atom. The first kappa shape index (κ1) is 18.2. The molecule has 0 unspecified atom stereocenters. The third-order valence-electron chi connectivity index (χ3n) is 3.99. The molecular weight excluding hydrogens is 352 g/mol. The highest BCUT2D eigenvalue weighted by molar-refractivity contribution is 7.89. The quantitative estimate of drug-likeness (QED) is 0.657. The highest BCUT2D eigenvalue weighted by Crippen LogP contribution is 2.17. The van der Waals surface area contributed by atoms with E-state index in [-0.39, 0.29) is 4.90 Å². The molecule has 0 aliphatic heterocycles. The Morgan fingerprint density at radius 2 is 1.73 bits per heavy atom. The van der Waals surface area contributed by atoms with Gasteiger partial charge in [0, 0.05) is 24.8 Å². The van der Waals surface area contributed by atoms with E-state index in [9.17, 15) is 8.42 Å². The van der Waals surface area contributed by atoms with Gasteiger partial charge in [-0.1, -0.05) is 43.7 Å². The van der Waals surface area contributed by atoms with E-state index in [1.807, 2.05) is 31.2 Å². The van der Waals surface area contributed by atoms with Crippen LogP contribution in [0.2, 0.25) is 0 Å². The summed E-state index contributed by atoms with van der Waals surface area (Å²) in [6, 6.07) is 10.9. The summed E-state index contributed by atoms with van der Waals surface area (Å²) in [4.78, 5) is 5.60. The van der Waals surface area contributed by atoms with Crippen LogP contribution in [-0.4, -0.2) is 51.0 Å². The minimum absolute atomic E-state index is 0.142. The molecule has 1 aromatic carbocycles. The molecule has 0 radical (unpaired) electrons. The van der Waals surface area contributed by atoms with Crippen LogP contribution >= 0.6 is 0 Å². The lowest BCUT2D eigenvalue weighted by Crippen LogP contribution is -2.30. The number of benzene rings is 1. The normalized spacial score (nSPS) is 11.8. The van der Waals surface area contributed by atoms with E-state index in [1.54, 1.807) is 19.9 Å². The van der Waals surface area contributed by atoms with Crippen molar-refractivity contribution in [1.82, 2.24) is 29.5 Å². The summed E-state index contributed by atoms with van der Waals surface area (Å²) in [5.74, 6) is 0.876. The molecule has 9 heteroatoms. The molecule has 136 valence electrons. The number of nitrogens with zero attached hydrogens (tertiary/aromatic N) is 6. The second-order valence-electron chi connectivity index (χ2n) is 5.71. The molecule has 2 aromatic heterocycles. The lowest BCUT2D eigenvalue weighted by atomic mass is 10.1. The third kappa shape index (κ3) is 3.49. The van der Waals surface area contributed by atoms with Crippen molar-refractivity contribution in [2.24, 2.45) is 0 Å². The lowest BCUT2D eigenvalue weighted by molar-refractivity contribution is 0.445. The summed E-state index contributed by atoms with van der Waals surface area (Å²) in [5.41, 5.74) is 2.00. The van der Waals surface area contributed by atoms with Gasteiger partial charge in [0.1, 0.15) is 4.90 Å². The molecule has 0 spiro atoms. The predicted octanol–water partition coefficient (Wildman–Crippen LogP) is 2.06. The SMILES string of the molecule is CCN(CC)S(=O)(=O)c1ccc(-n2nnc(-c3ccc(C)cc3)n2)nc1. The van der Waals surface area contributed by atoms with Gasteiger partial charge in [-0.25, -0.2) is 13.4 Å². The monoisotopic (exact) mass is 372 g/mol. The molecule has 26 heavy (non-hydrogen) atoms. The molecule has 0 bridgehead atoms. The number of tetrazole rings is 1. The maximum atomic E-state index is 12.5. The summed E-state index contributed by atoms with van der Waals surface area (Å²) in [5, 5.41) is 12.3. The average molecular weight is 372 g/mol. The fraction of sp³-hybridized carbons (Fsp3) is 0.294. The van der Waals surface area contributed by atoms with Gasteiger partial charge < -0.3 is 0 Å². The van der Waals surface area contributed by atoms with Gasteiger partial charge in [0.2, 0.25) is 15.8 Å². The molecule has 3 rings (SSSR count). The van der Waals surface area contributed by atoms with Gasteiger partial charge in [-0.15, -0.1) is 15.0 Å². The lowest BCUT2D eigenvalue weighted by Gasteiger charge is -2.18. The maximum absolute atomic E-state index is 12.5. The molecule has 0 atom stereocenters. The summed E-state index contributed by atoms with van der Waals surface area (Å²) < 4.78 is 26.4. The van der Waals surface area contributed by atoms with Crippen LogP contribution in [0.3, 0.4) is 0 Å². The highest BCUT2D eigenvalue weighted by atomic mass is 32.2. The topological polar surface area (TPSA) is 93.9 Å². The molecule has 0 saturated carbocycles. The minimum Gasteiger partial charge on any atom is -0.234 e. The largest absolute Gasteiger partial charge is 0.244 e. The second-order valence-corrected chi connectivity index (χ2v) is 7.65. The predicted molar refractivity (Wildman–Crippen MR) is 97.2 cm³/mol. The number of sulfonamides is 1. The van der Waals surface area contributed by atoms with E-state index in [4.69, 9.17) is 0 Å². The van der Waals surface area contributed by atoms with Crippen molar-refractivity contribution < 1.29 is 8.42 Å². The average Bonchev–Trinajstić information content (AvgIpc) is 3.13. The van der Waals surface area contributed by atoms with Crippen LogP contribution in [0.15, 0.2) is 47.5 Å². The number of aryl methyl sites for hydroxylation is 1. The van der Waals surface area contributed by atoms with E-state index in [0.29, 0.717) is 24.7 Å². The fourth-order valence-corrected chi connectivity index (χ4v) is 3.89. The van der Waals surface area contributed by atoms with Crippen molar-refractivity contribution in [3.8, 4) is 17.2 Å². The van der Waals surface area contributed by atoms with Crippen LogP contribution < -0.4 is 0 Å². The zero-order valence-corrected chi connectivity index (χ0v) is 15.7. The molecule has 8 nitrogen and oxygen atoms in total. The first-order valence-electron chi connectivity index (χ1n) is 8.29. The number of aromatic nitrogens is 5. The molecular formula is C17H20N6O2S. The molecule has 0 amide bonds. The van der Waals surface area contributed by atoms with Crippen LogP contribution in [0, 0.1) is 6.92 Å². The van der Waals surface area contributed by atoms with Gasteiger partial charge in [-0.2, -0.15) is 4.31 Å². The molecule has 2 heterocycles. The van der Waals surface area contributed by atoms with Crippen LogP contribution in [-0.2, 0) is 10.0 Å². The zero-order chi connectivity index (χ0) is 18.7. The Bertz CT molecular complexity index is 977. The van der Waals surface area contributed by atoms with Gasteiger partial charge in [-0.05, 0) is 24.3 Å². The summed E-state index contributed by atoms with van der Waals surface area (Å²) in [6.45, 7) is 6.42. The van der Waals surface area contributed by atoms with Gasteiger partial charge >= 0.3 is 0 Å². The van der Waals surface area contributed by atoms with E-state index in [2.05, 4.69) is 20.4 Å². The first-order valence-corrected chi connectivity index (χ1v) is 9.73. The fourth-order valence-electron chi connectivity index (χ4n) is 2.49. The van der Waals surface area contributed by atoms with Crippen LogP contribution in [0.25, 0.3) is 17.2 Å². The standard InChI is InChI=1S/C17H20N6O2S/c1-4-22(5-2)26(24,25)15-10-11-16(18-12-15)23-20-17(19-21-23)14-8-6-13(3)7-9-14/h6-12H,4-5H2,1-3H3. The molecule has 0 aliphatic carbocycles. The van der Waals surface area contributed by atoms with Gasteiger partial charge in [0.05, 0.1) is 0 Å². The van der Waals surface area contributed by atoms with Crippen molar-refractivity contribution >= 4 is 10.0 Å². The molecule has 3 aromatic rings. The van der Waals surface area contributed by atoms with Crippen molar-refractivity contribution in [3.05, 3.63) is 48.2 Å². The first-order chi connectivity index (χ1) is 12.5. The third-order valence-corrected chi connectivity index (χ3v) is 6.03. The second kappa shape index (κ2) is 7.30. The Kier molecular flexibility index (Phi) is 5.10. The van der Waals surface area contributed by atoms with Gasteiger partial charge in [-0.3, -0.25) is 0 Å². The van der Waals surface area contributed by atoms with Crippen molar-refractivity contribution in [2.45, 2.75) is 25.7 Å². The summed E-state index contributed by atoms with van der Waals surface area (Å²) in [6.07, 6.45) is 1.32. The Balaban J connectivity index is 1.87. The van der Waals surface area contributed by atoms with E-state index >= 15 is 0 Å². The number of hydrogen-bond donors (Lipinski definition) is 0. The van der Waals surface area contributed by atoms with Crippen molar-refractivity contribution in [3.63, 3.8) is 0 Å². The smallest absolute Gasteiger partial charge is 0.234 e. The van der Waals surface area contributed by atoms with E-state index < -0.39 is 10.0 Å². The van der Waals surface area contributed by atoms with E-state index in [0.717, 1.165) is 11.1 Å². The minimum atomic E-state index is -3.54. The number of rotatable bonds is 6. The van der Waals surface area contributed by atoms with Gasteiger partial charge in [0.25, 0.3) is 0 Å². The van der Waals surface area contributed by atoms with Crippen LogP contribution in [0.4, 0.5) is 0 Å². The van der Waals surface area contributed by atoms with E-state index in [1.165, 1.54) is 21.4 Å². The zero-order valence-electron chi connectivity index (χ0n) is 14.9. The molecule has 0 saturated heterocycles. The Labute approximate surface area is 152 Å². The number of hydrogen-bond acceptors (Lipinski definition) is 6. The van der Waals surface area contributed by atoms with Crippen LogP contribution in [0.1, 0.15) is 19.4 Å². The summed E-state index contributed by atoms with van der Waals surface area (Å²) in [7, 11) is -3.54. The number of pyridine rings is 1.